The smallest absolute Gasteiger partial charge is 0.329 e. The van der Waals surface area contributed by atoms with E-state index in [2.05, 4.69) is 16.0 Å². The summed E-state index contributed by atoms with van der Waals surface area (Å²) in [6.07, 6.45) is -1.23. The van der Waals surface area contributed by atoms with E-state index in [1.807, 2.05) is 0 Å². The van der Waals surface area contributed by atoms with Crippen LogP contribution in [0, 0.1) is 17.6 Å². The average molecular weight is 419 g/mol. The minimum absolute atomic E-state index is 0.0163. The van der Waals surface area contributed by atoms with Gasteiger partial charge in [-0.1, -0.05) is 32.0 Å². The van der Waals surface area contributed by atoms with Crippen molar-refractivity contribution in [2.45, 2.75) is 32.9 Å². The number of benzene rings is 2. The van der Waals surface area contributed by atoms with Crippen LogP contribution in [0.15, 0.2) is 48.5 Å². The number of carbonyl (C=O) groups excluding carboxylic acids is 3. The minimum atomic E-state index is -1.23. The van der Waals surface area contributed by atoms with Crippen molar-refractivity contribution in [3.63, 3.8) is 0 Å². The predicted octanol–water partition coefficient (Wildman–Crippen LogP) is 3.68. The highest BCUT2D eigenvalue weighted by Gasteiger charge is 2.29. The summed E-state index contributed by atoms with van der Waals surface area (Å²) < 4.78 is 31.4. The second-order valence-electron chi connectivity index (χ2n) is 6.88. The molecule has 2 aromatic rings. The molecule has 0 saturated heterocycles. The van der Waals surface area contributed by atoms with Crippen molar-refractivity contribution in [3.8, 4) is 0 Å². The molecule has 0 bridgehead atoms. The van der Waals surface area contributed by atoms with E-state index in [4.69, 9.17) is 4.74 Å². The Bertz CT molecular complexity index is 906. The first kappa shape index (κ1) is 22.8. The molecule has 7 nitrogen and oxygen atoms in total. The Balaban J connectivity index is 1.94. The molecule has 9 heteroatoms. The van der Waals surface area contributed by atoms with Crippen LogP contribution < -0.4 is 16.0 Å². The Hall–Kier alpha value is -3.49. The topological polar surface area (TPSA) is 96.5 Å². The van der Waals surface area contributed by atoms with Gasteiger partial charge in [0.25, 0.3) is 5.91 Å². The summed E-state index contributed by atoms with van der Waals surface area (Å²) in [5.74, 6) is -4.02. The fraction of sp³-hybridized carbons (Fsp3) is 0.286. The number of carbonyl (C=O) groups is 3. The molecule has 0 heterocycles. The van der Waals surface area contributed by atoms with Crippen LogP contribution in [0.25, 0.3) is 0 Å². The van der Waals surface area contributed by atoms with Gasteiger partial charge in [-0.3, -0.25) is 4.79 Å². The van der Waals surface area contributed by atoms with Crippen molar-refractivity contribution in [1.82, 2.24) is 5.32 Å². The Kier molecular flexibility index (Phi) is 7.85. The molecule has 2 aromatic carbocycles. The highest BCUT2D eigenvalue weighted by molar-refractivity contribution is 5.96. The maximum absolute atomic E-state index is 13.3. The van der Waals surface area contributed by atoms with Crippen LogP contribution in [0.1, 0.15) is 20.8 Å². The summed E-state index contributed by atoms with van der Waals surface area (Å²) in [6.45, 7) is 4.75. The normalized spacial score (nSPS) is 12.6. The Morgan fingerprint density at radius 3 is 2.13 bits per heavy atom. The number of esters is 1. The molecule has 2 atom stereocenters. The predicted molar refractivity (Wildman–Crippen MR) is 108 cm³/mol. The third kappa shape index (κ3) is 6.54. The summed E-state index contributed by atoms with van der Waals surface area (Å²) in [4.78, 5) is 36.9. The van der Waals surface area contributed by atoms with Crippen molar-refractivity contribution in [2.75, 3.05) is 10.6 Å². The zero-order valence-corrected chi connectivity index (χ0v) is 16.7. The average Bonchev–Trinajstić information content (AvgIpc) is 2.69. The molecule has 0 saturated carbocycles. The van der Waals surface area contributed by atoms with Gasteiger partial charge in [-0.25, -0.2) is 18.4 Å². The van der Waals surface area contributed by atoms with Gasteiger partial charge in [0, 0.05) is 17.4 Å². The van der Waals surface area contributed by atoms with E-state index >= 15 is 0 Å². The number of hydrogen-bond donors (Lipinski definition) is 3. The van der Waals surface area contributed by atoms with E-state index in [0.29, 0.717) is 5.69 Å². The molecule has 160 valence electrons. The second kappa shape index (κ2) is 10.3. The second-order valence-corrected chi connectivity index (χ2v) is 6.88. The lowest BCUT2D eigenvalue weighted by Crippen LogP contribution is -2.48. The summed E-state index contributed by atoms with van der Waals surface area (Å²) in [6, 6.07) is 9.91. The van der Waals surface area contributed by atoms with Crippen molar-refractivity contribution < 1.29 is 27.9 Å². The number of rotatable bonds is 7. The van der Waals surface area contributed by atoms with Crippen LogP contribution >= 0.6 is 0 Å². The quantitative estimate of drug-likeness (QED) is 0.597. The number of anilines is 2. The summed E-state index contributed by atoms with van der Waals surface area (Å²) >= 11 is 0. The van der Waals surface area contributed by atoms with Crippen molar-refractivity contribution >= 4 is 29.3 Å². The summed E-state index contributed by atoms with van der Waals surface area (Å²) in [5, 5.41) is 7.46. The minimum Gasteiger partial charge on any atom is -0.451 e. The van der Waals surface area contributed by atoms with Gasteiger partial charge >= 0.3 is 12.0 Å². The fourth-order valence-corrected chi connectivity index (χ4v) is 2.45. The van der Waals surface area contributed by atoms with Crippen molar-refractivity contribution in [1.29, 1.82) is 0 Å². The van der Waals surface area contributed by atoms with Gasteiger partial charge in [-0.05, 0) is 37.1 Å². The van der Waals surface area contributed by atoms with Gasteiger partial charge in [0.2, 0.25) is 0 Å². The lowest BCUT2D eigenvalue weighted by molar-refractivity contribution is -0.156. The molecular weight excluding hydrogens is 396 g/mol. The fourth-order valence-electron chi connectivity index (χ4n) is 2.45. The Morgan fingerprint density at radius 2 is 1.53 bits per heavy atom. The number of ether oxygens (including phenoxy) is 1. The molecule has 0 aliphatic carbocycles. The lowest BCUT2D eigenvalue weighted by Gasteiger charge is -2.23. The first-order chi connectivity index (χ1) is 14.2. The molecule has 3 amide bonds. The van der Waals surface area contributed by atoms with Crippen LogP contribution in [0.4, 0.5) is 25.0 Å². The van der Waals surface area contributed by atoms with Gasteiger partial charge in [0.05, 0.1) is 0 Å². The van der Waals surface area contributed by atoms with Gasteiger partial charge in [-0.15, -0.1) is 0 Å². The van der Waals surface area contributed by atoms with Gasteiger partial charge in [0.15, 0.2) is 17.7 Å². The van der Waals surface area contributed by atoms with Crippen LogP contribution in [-0.2, 0) is 14.3 Å². The monoisotopic (exact) mass is 419 g/mol. The van der Waals surface area contributed by atoms with Gasteiger partial charge < -0.3 is 20.7 Å². The zero-order chi connectivity index (χ0) is 22.3. The van der Waals surface area contributed by atoms with E-state index in [1.54, 1.807) is 44.2 Å². The molecule has 0 unspecified atom stereocenters. The molecule has 0 aliphatic rings. The summed E-state index contributed by atoms with van der Waals surface area (Å²) in [5.41, 5.74) is 0.563. The molecule has 2 rings (SSSR count). The van der Waals surface area contributed by atoms with Crippen molar-refractivity contribution in [3.05, 3.63) is 60.2 Å². The highest BCUT2D eigenvalue weighted by Crippen LogP contribution is 2.14. The largest absolute Gasteiger partial charge is 0.451 e. The van der Waals surface area contributed by atoms with Crippen LogP contribution in [-0.4, -0.2) is 30.1 Å². The molecule has 0 fully saturated rings. The third-order valence-corrected chi connectivity index (χ3v) is 4.09. The maximum Gasteiger partial charge on any atom is 0.329 e. The number of hydrogen-bond acceptors (Lipinski definition) is 4. The maximum atomic E-state index is 13.3. The van der Waals surface area contributed by atoms with E-state index in [-0.39, 0.29) is 11.6 Å². The number of para-hydroxylation sites is 1. The number of nitrogens with one attached hydrogen (secondary N) is 3. The standard InChI is InChI=1S/C21H23F2N3O4/c1-12(2)18(26-21(29)25-14-7-5-4-6-8-14)20(28)30-13(3)19(27)24-15-9-10-16(22)17(23)11-15/h4-13,18H,1-3H3,(H,24,27)(H2,25,26,29)/t13-,18-/m0/s1. The van der Waals surface area contributed by atoms with Gasteiger partial charge in [-0.2, -0.15) is 0 Å². The number of amides is 3. The van der Waals surface area contributed by atoms with E-state index in [0.717, 1.165) is 12.1 Å². The highest BCUT2D eigenvalue weighted by atomic mass is 19.2. The molecule has 30 heavy (non-hydrogen) atoms. The van der Waals surface area contributed by atoms with E-state index in [1.165, 1.54) is 13.0 Å². The summed E-state index contributed by atoms with van der Waals surface area (Å²) in [7, 11) is 0. The molecule has 0 aromatic heterocycles. The van der Waals surface area contributed by atoms with Crippen molar-refractivity contribution in [2.24, 2.45) is 5.92 Å². The first-order valence-corrected chi connectivity index (χ1v) is 9.26. The first-order valence-electron chi connectivity index (χ1n) is 9.26. The molecule has 0 radical (unpaired) electrons. The van der Waals surface area contributed by atoms with Gasteiger partial charge in [0.1, 0.15) is 6.04 Å². The zero-order valence-electron chi connectivity index (χ0n) is 16.7. The molecular formula is C21H23F2N3O4. The lowest BCUT2D eigenvalue weighted by atomic mass is 10.0. The van der Waals surface area contributed by atoms with Crippen LogP contribution in [0.5, 0.6) is 0 Å². The molecule has 0 spiro atoms. The SMILES string of the molecule is CC(C)[C@H](NC(=O)Nc1ccccc1)C(=O)O[C@@H](C)C(=O)Nc1ccc(F)c(F)c1. The van der Waals surface area contributed by atoms with Crippen LogP contribution in [0.3, 0.4) is 0 Å². The number of halogens is 2. The Morgan fingerprint density at radius 1 is 0.867 bits per heavy atom. The third-order valence-electron chi connectivity index (χ3n) is 4.09. The number of urea groups is 1. The molecule has 3 N–H and O–H groups in total. The van der Waals surface area contributed by atoms with E-state index in [9.17, 15) is 23.2 Å². The molecule has 0 aliphatic heterocycles. The van der Waals surface area contributed by atoms with Crippen LogP contribution in [0.2, 0.25) is 0 Å². The van der Waals surface area contributed by atoms with E-state index < -0.39 is 41.7 Å². The Labute approximate surface area is 172 Å².